The predicted octanol–water partition coefficient (Wildman–Crippen LogP) is 0.997. The van der Waals surface area contributed by atoms with Crippen LogP contribution in [0.2, 0.25) is 0 Å². The summed E-state index contributed by atoms with van der Waals surface area (Å²) in [6.07, 6.45) is 3.39. The number of hydrogen-bond acceptors (Lipinski definition) is 4. The largest absolute Gasteiger partial charge is 0.326 e. The minimum absolute atomic E-state index is 0.468. The topological polar surface area (TPSA) is 64.7 Å². The second-order valence-electron chi connectivity index (χ2n) is 2.87. The van der Waals surface area contributed by atoms with E-state index in [0.717, 1.165) is 17.0 Å². The van der Waals surface area contributed by atoms with E-state index in [2.05, 4.69) is 15.2 Å². The lowest BCUT2D eigenvalue weighted by Gasteiger charge is -1.99. The van der Waals surface area contributed by atoms with Gasteiger partial charge in [0.2, 0.25) is 0 Å². The zero-order valence-electron chi connectivity index (χ0n) is 7.59. The van der Waals surface area contributed by atoms with E-state index in [-0.39, 0.29) is 0 Å². The number of nitrogens with two attached hydrogens (primary N) is 1. The van der Waals surface area contributed by atoms with E-state index in [1.165, 1.54) is 0 Å². The van der Waals surface area contributed by atoms with E-state index in [0.29, 0.717) is 6.54 Å². The van der Waals surface area contributed by atoms with Gasteiger partial charge in [-0.1, -0.05) is 6.07 Å². The van der Waals surface area contributed by atoms with Gasteiger partial charge in [0, 0.05) is 12.7 Å². The van der Waals surface area contributed by atoms with Gasteiger partial charge >= 0.3 is 0 Å². The van der Waals surface area contributed by atoms with Gasteiger partial charge in [-0.3, -0.25) is 4.98 Å². The van der Waals surface area contributed by atoms with E-state index in [1.807, 2.05) is 24.3 Å². The van der Waals surface area contributed by atoms with Crippen molar-refractivity contribution in [3.63, 3.8) is 0 Å². The molecule has 0 aliphatic carbocycles. The van der Waals surface area contributed by atoms with Crippen LogP contribution in [0.3, 0.4) is 0 Å². The Morgan fingerprint density at radius 2 is 2.14 bits per heavy atom. The zero-order valence-corrected chi connectivity index (χ0v) is 7.59. The highest BCUT2D eigenvalue weighted by atomic mass is 15.1. The molecule has 0 spiro atoms. The molecule has 0 unspecified atom stereocenters. The normalized spacial score (nSPS) is 10.1. The van der Waals surface area contributed by atoms with Crippen LogP contribution in [0.5, 0.6) is 0 Å². The Hall–Kier alpha value is -1.81. The van der Waals surface area contributed by atoms with Crippen molar-refractivity contribution < 1.29 is 0 Å². The molecule has 0 fully saturated rings. The highest BCUT2D eigenvalue weighted by Crippen LogP contribution is 2.12. The SMILES string of the molecule is NCc1cnnc(-c2ccccn2)c1. The fourth-order valence-electron chi connectivity index (χ4n) is 1.16. The monoisotopic (exact) mass is 186 g/mol. The third-order valence-corrected chi connectivity index (χ3v) is 1.87. The maximum Gasteiger partial charge on any atom is 0.112 e. The number of aromatic nitrogens is 3. The Morgan fingerprint density at radius 3 is 2.86 bits per heavy atom. The number of nitrogens with zero attached hydrogens (tertiary/aromatic N) is 3. The van der Waals surface area contributed by atoms with E-state index >= 15 is 0 Å². The molecule has 0 bridgehead atoms. The fraction of sp³-hybridized carbons (Fsp3) is 0.100. The summed E-state index contributed by atoms with van der Waals surface area (Å²) in [7, 11) is 0. The van der Waals surface area contributed by atoms with Gasteiger partial charge in [-0.15, -0.1) is 5.10 Å². The minimum Gasteiger partial charge on any atom is -0.326 e. The number of hydrogen-bond donors (Lipinski definition) is 1. The van der Waals surface area contributed by atoms with Crippen LogP contribution in [0.4, 0.5) is 0 Å². The summed E-state index contributed by atoms with van der Waals surface area (Å²) in [5, 5.41) is 7.85. The smallest absolute Gasteiger partial charge is 0.112 e. The molecule has 2 rings (SSSR count). The van der Waals surface area contributed by atoms with Gasteiger partial charge in [0.25, 0.3) is 0 Å². The Morgan fingerprint density at radius 1 is 1.21 bits per heavy atom. The van der Waals surface area contributed by atoms with Gasteiger partial charge in [0.15, 0.2) is 0 Å². The third kappa shape index (κ3) is 1.75. The Balaban J connectivity index is 2.42. The van der Waals surface area contributed by atoms with Gasteiger partial charge in [-0.05, 0) is 23.8 Å². The summed E-state index contributed by atoms with van der Waals surface area (Å²) in [6, 6.07) is 7.57. The molecule has 0 aliphatic heterocycles. The van der Waals surface area contributed by atoms with Gasteiger partial charge in [0.05, 0.1) is 11.9 Å². The van der Waals surface area contributed by atoms with E-state index in [9.17, 15) is 0 Å². The van der Waals surface area contributed by atoms with Crippen LogP contribution in [0.25, 0.3) is 11.4 Å². The van der Waals surface area contributed by atoms with Gasteiger partial charge < -0.3 is 5.73 Å². The first-order valence-corrected chi connectivity index (χ1v) is 4.33. The number of rotatable bonds is 2. The molecule has 4 nitrogen and oxygen atoms in total. The lowest BCUT2D eigenvalue weighted by atomic mass is 10.2. The summed E-state index contributed by atoms with van der Waals surface area (Å²) < 4.78 is 0. The maximum atomic E-state index is 5.51. The summed E-state index contributed by atoms with van der Waals surface area (Å²) in [5.74, 6) is 0. The zero-order chi connectivity index (χ0) is 9.80. The van der Waals surface area contributed by atoms with Crippen LogP contribution in [-0.4, -0.2) is 15.2 Å². The van der Waals surface area contributed by atoms with Crippen molar-refractivity contribution in [2.45, 2.75) is 6.54 Å². The first-order chi connectivity index (χ1) is 6.90. The van der Waals surface area contributed by atoms with Crippen molar-refractivity contribution in [2.24, 2.45) is 5.73 Å². The van der Waals surface area contributed by atoms with E-state index < -0.39 is 0 Å². The molecule has 0 saturated heterocycles. The van der Waals surface area contributed by atoms with Crippen molar-refractivity contribution in [3.8, 4) is 11.4 Å². The van der Waals surface area contributed by atoms with Gasteiger partial charge in [-0.2, -0.15) is 5.10 Å². The van der Waals surface area contributed by atoms with Crippen molar-refractivity contribution in [2.75, 3.05) is 0 Å². The van der Waals surface area contributed by atoms with Crippen LogP contribution in [0.15, 0.2) is 36.7 Å². The summed E-state index contributed by atoms with van der Waals surface area (Å²) in [6.45, 7) is 0.468. The maximum absolute atomic E-state index is 5.51. The van der Waals surface area contributed by atoms with Crippen molar-refractivity contribution in [1.29, 1.82) is 0 Å². The molecule has 14 heavy (non-hydrogen) atoms. The van der Waals surface area contributed by atoms with E-state index in [1.54, 1.807) is 12.4 Å². The Bertz CT molecular complexity index is 413. The average molecular weight is 186 g/mol. The molecule has 2 N–H and O–H groups in total. The molecule has 0 aromatic carbocycles. The second kappa shape index (κ2) is 3.93. The first kappa shape index (κ1) is 8.77. The third-order valence-electron chi connectivity index (χ3n) is 1.87. The molecule has 70 valence electrons. The number of pyridine rings is 1. The standard InChI is InChI=1S/C10H10N4/c11-6-8-5-10(14-13-7-8)9-3-1-2-4-12-9/h1-5,7H,6,11H2. The predicted molar refractivity (Wildman–Crippen MR) is 53.2 cm³/mol. The molecule has 2 aromatic rings. The molecular weight excluding hydrogens is 176 g/mol. The van der Waals surface area contributed by atoms with Crippen LogP contribution in [-0.2, 0) is 6.54 Å². The van der Waals surface area contributed by atoms with Crippen molar-refractivity contribution in [1.82, 2.24) is 15.2 Å². The quantitative estimate of drug-likeness (QED) is 0.759. The minimum atomic E-state index is 0.468. The molecule has 4 heteroatoms. The fourth-order valence-corrected chi connectivity index (χ4v) is 1.16. The molecule has 2 heterocycles. The molecule has 2 aromatic heterocycles. The molecular formula is C10H10N4. The molecule has 0 amide bonds. The Labute approximate surface area is 81.8 Å². The van der Waals surface area contributed by atoms with E-state index in [4.69, 9.17) is 5.73 Å². The van der Waals surface area contributed by atoms with Gasteiger partial charge in [0.1, 0.15) is 5.69 Å². The van der Waals surface area contributed by atoms with Crippen LogP contribution in [0, 0.1) is 0 Å². The van der Waals surface area contributed by atoms with Crippen LogP contribution in [0.1, 0.15) is 5.56 Å². The molecule has 0 aliphatic rings. The van der Waals surface area contributed by atoms with Crippen molar-refractivity contribution >= 4 is 0 Å². The molecule has 0 atom stereocenters. The highest BCUT2D eigenvalue weighted by molar-refractivity contribution is 5.53. The van der Waals surface area contributed by atoms with Crippen LogP contribution >= 0.6 is 0 Å². The lowest BCUT2D eigenvalue weighted by Crippen LogP contribution is -1.99. The average Bonchev–Trinajstić information content (AvgIpc) is 2.30. The van der Waals surface area contributed by atoms with Gasteiger partial charge in [-0.25, -0.2) is 0 Å². The van der Waals surface area contributed by atoms with Crippen LogP contribution < -0.4 is 5.73 Å². The summed E-state index contributed by atoms with van der Waals surface area (Å²) in [4.78, 5) is 4.18. The molecule has 0 radical (unpaired) electrons. The second-order valence-corrected chi connectivity index (χ2v) is 2.87. The highest BCUT2D eigenvalue weighted by Gasteiger charge is 2.00. The summed E-state index contributed by atoms with van der Waals surface area (Å²) >= 11 is 0. The summed E-state index contributed by atoms with van der Waals surface area (Å²) in [5.41, 5.74) is 8.04. The van der Waals surface area contributed by atoms with Crippen molar-refractivity contribution in [3.05, 3.63) is 42.2 Å². The molecule has 0 saturated carbocycles. The Kier molecular flexibility index (Phi) is 2.46. The first-order valence-electron chi connectivity index (χ1n) is 4.33. The lowest BCUT2D eigenvalue weighted by molar-refractivity contribution is 0.967.